The van der Waals surface area contributed by atoms with Crippen LogP contribution in [0.25, 0.3) is 0 Å². The number of benzene rings is 1. The number of aromatic nitrogens is 1. The van der Waals surface area contributed by atoms with Gasteiger partial charge in [-0.1, -0.05) is 13.3 Å². The Kier molecular flexibility index (Phi) is 7.83. The number of pyridine rings is 1. The van der Waals surface area contributed by atoms with Gasteiger partial charge in [0.2, 0.25) is 15.9 Å². The number of ketones is 1. The molecule has 1 aromatic carbocycles. The summed E-state index contributed by atoms with van der Waals surface area (Å²) >= 11 is 0. The molecule has 2 aliphatic rings. The number of carbonyl (C=O) groups excluding carboxylic acids is 3. The Bertz CT molecular complexity index is 1260. The van der Waals surface area contributed by atoms with Crippen LogP contribution in [0.4, 0.5) is 8.78 Å². The number of fused-ring (bicyclic) bond motifs is 1. The average molecular weight is 537 g/mol. The second-order valence-corrected chi connectivity index (χ2v) is 10.6. The minimum absolute atomic E-state index is 0.0330. The summed E-state index contributed by atoms with van der Waals surface area (Å²) in [5.41, 5.74) is 0.139. The van der Waals surface area contributed by atoms with Crippen molar-refractivity contribution in [3.05, 3.63) is 54.4 Å². The molecule has 2 aliphatic heterocycles. The van der Waals surface area contributed by atoms with Crippen LogP contribution in [0.2, 0.25) is 0 Å². The standard InChI is InChI=1S/C24H26F2N4O6S/c1-2-4-18(28-22(32)15-6-8-16(9-7-15)36-24(25)26)23(33)29-12-10-19-21(29)20(31)14-30(19)37(34,35)17-5-3-11-27-13-17/h3,5-9,11,13,18-19,21,24H,2,4,10,12,14H2,1H3,(H,28,32). The van der Waals surface area contributed by atoms with E-state index >= 15 is 0 Å². The Labute approximate surface area is 212 Å². The van der Waals surface area contributed by atoms with Gasteiger partial charge in [0.05, 0.1) is 12.6 Å². The Morgan fingerprint density at radius 3 is 2.57 bits per heavy atom. The number of likely N-dealkylation sites (tertiary alicyclic amines) is 1. The largest absolute Gasteiger partial charge is 0.435 e. The van der Waals surface area contributed by atoms with Gasteiger partial charge in [-0.25, -0.2) is 8.42 Å². The smallest absolute Gasteiger partial charge is 0.387 e. The number of alkyl halides is 2. The number of nitrogens with zero attached hydrogens (tertiary/aromatic N) is 3. The van der Waals surface area contributed by atoms with Crippen LogP contribution in [0, 0.1) is 0 Å². The maximum atomic E-state index is 13.5. The molecule has 0 saturated carbocycles. The highest BCUT2D eigenvalue weighted by atomic mass is 32.2. The zero-order valence-electron chi connectivity index (χ0n) is 19.9. The third-order valence-electron chi connectivity index (χ3n) is 6.42. The summed E-state index contributed by atoms with van der Waals surface area (Å²) in [6.45, 7) is -1.36. The first-order valence-corrected chi connectivity index (χ1v) is 13.2. The summed E-state index contributed by atoms with van der Waals surface area (Å²) in [6.07, 6.45) is 3.77. The Hall–Kier alpha value is -3.45. The molecule has 1 N–H and O–H groups in total. The molecule has 4 rings (SSSR count). The molecule has 13 heteroatoms. The topological polar surface area (TPSA) is 126 Å². The molecular formula is C24H26F2N4O6S. The number of sulfonamides is 1. The van der Waals surface area contributed by atoms with Crippen LogP contribution in [0.1, 0.15) is 36.5 Å². The van der Waals surface area contributed by atoms with Gasteiger partial charge in [0, 0.05) is 24.5 Å². The molecule has 1 aromatic heterocycles. The fraction of sp³-hybridized carbons (Fsp3) is 0.417. The van der Waals surface area contributed by atoms with E-state index in [4.69, 9.17) is 0 Å². The Morgan fingerprint density at radius 1 is 1.22 bits per heavy atom. The van der Waals surface area contributed by atoms with Crippen LogP contribution in [0.3, 0.4) is 0 Å². The lowest BCUT2D eigenvalue weighted by Crippen LogP contribution is -2.52. The number of amides is 2. The number of ether oxygens (including phenoxy) is 1. The summed E-state index contributed by atoms with van der Waals surface area (Å²) in [7, 11) is -3.99. The van der Waals surface area contributed by atoms with Crippen LogP contribution >= 0.6 is 0 Å². The molecular weight excluding hydrogens is 510 g/mol. The molecule has 0 aliphatic carbocycles. The highest BCUT2D eigenvalue weighted by molar-refractivity contribution is 7.89. The molecule has 2 amide bonds. The van der Waals surface area contributed by atoms with Crippen LogP contribution < -0.4 is 10.1 Å². The summed E-state index contributed by atoms with van der Waals surface area (Å²) in [4.78, 5) is 44.3. The number of hydrogen-bond acceptors (Lipinski definition) is 7. The van der Waals surface area contributed by atoms with Gasteiger partial charge < -0.3 is 15.0 Å². The molecule has 3 unspecified atom stereocenters. The second kappa shape index (κ2) is 10.9. The third-order valence-corrected chi connectivity index (χ3v) is 8.28. The zero-order valence-corrected chi connectivity index (χ0v) is 20.7. The van der Waals surface area contributed by atoms with Crippen LogP contribution in [0.15, 0.2) is 53.7 Å². The molecule has 2 fully saturated rings. The molecule has 0 spiro atoms. The lowest BCUT2D eigenvalue weighted by atomic mass is 10.1. The van der Waals surface area contributed by atoms with Gasteiger partial charge in [0.15, 0.2) is 5.78 Å². The first-order chi connectivity index (χ1) is 17.6. The van der Waals surface area contributed by atoms with Crippen molar-refractivity contribution in [2.45, 2.75) is 55.8 Å². The fourth-order valence-corrected chi connectivity index (χ4v) is 6.34. The molecule has 2 saturated heterocycles. The van der Waals surface area contributed by atoms with Crippen LogP contribution in [-0.2, 0) is 19.6 Å². The predicted molar refractivity (Wildman–Crippen MR) is 126 cm³/mol. The van der Waals surface area contributed by atoms with Crippen molar-refractivity contribution in [3.63, 3.8) is 0 Å². The highest BCUT2D eigenvalue weighted by Gasteiger charge is 2.54. The molecule has 37 heavy (non-hydrogen) atoms. The van der Waals surface area contributed by atoms with Gasteiger partial charge in [0.25, 0.3) is 5.91 Å². The molecule has 2 aromatic rings. The van der Waals surface area contributed by atoms with E-state index in [1.165, 1.54) is 53.7 Å². The van der Waals surface area contributed by atoms with E-state index in [0.29, 0.717) is 6.42 Å². The number of nitrogens with one attached hydrogen (secondary N) is 1. The van der Waals surface area contributed by atoms with Crippen molar-refractivity contribution < 1.29 is 36.3 Å². The normalized spacial score (nSPS) is 20.6. The molecule has 10 nitrogen and oxygen atoms in total. The summed E-state index contributed by atoms with van der Waals surface area (Å²) in [5, 5.41) is 2.66. The number of hydrogen-bond donors (Lipinski definition) is 1. The van der Waals surface area contributed by atoms with Gasteiger partial charge in [-0.05, 0) is 49.2 Å². The lowest BCUT2D eigenvalue weighted by Gasteiger charge is -2.28. The van der Waals surface area contributed by atoms with Crippen molar-refractivity contribution in [1.82, 2.24) is 19.5 Å². The summed E-state index contributed by atoms with van der Waals surface area (Å²) in [6, 6.07) is 5.32. The van der Waals surface area contributed by atoms with E-state index in [-0.39, 0.29) is 47.9 Å². The third kappa shape index (κ3) is 5.47. The van der Waals surface area contributed by atoms with Crippen molar-refractivity contribution >= 4 is 27.6 Å². The first-order valence-electron chi connectivity index (χ1n) is 11.7. The fourth-order valence-electron chi connectivity index (χ4n) is 4.75. The number of halogens is 2. The van der Waals surface area contributed by atoms with E-state index < -0.39 is 46.6 Å². The van der Waals surface area contributed by atoms with Crippen molar-refractivity contribution in [2.75, 3.05) is 13.1 Å². The van der Waals surface area contributed by atoms with E-state index in [1.54, 1.807) is 0 Å². The van der Waals surface area contributed by atoms with Crippen molar-refractivity contribution in [1.29, 1.82) is 0 Å². The van der Waals surface area contributed by atoms with E-state index in [9.17, 15) is 31.6 Å². The minimum atomic E-state index is -3.99. The summed E-state index contributed by atoms with van der Waals surface area (Å²) < 4.78 is 56.4. The minimum Gasteiger partial charge on any atom is -0.435 e. The lowest BCUT2D eigenvalue weighted by molar-refractivity contribution is -0.138. The summed E-state index contributed by atoms with van der Waals surface area (Å²) in [5.74, 6) is -1.57. The van der Waals surface area contributed by atoms with Gasteiger partial charge in [0.1, 0.15) is 22.7 Å². The van der Waals surface area contributed by atoms with Crippen LogP contribution in [0.5, 0.6) is 5.75 Å². The molecule has 198 valence electrons. The molecule has 3 atom stereocenters. The SMILES string of the molecule is CCCC(NC(=O)c1ccc(OC(F)F)cc1)C(=O)N1CCC2C1C(=O)CN2S(=O)(=O)c1cccnc1. The number of Topliss-reactive ketones (excluding diaryl/α,β-unsaturated/α-hetero) is 1. The van der Waals surface area contributed by atoms with Gasteiger partial charge >= 0.3 is 6.61 Å². The number of rotatable bonds is 9. The maximum absolute atomic E-state index is 13.5. The monoisotopic (exact) mass is 536 g/mol. The van der Waals surface area contributed by atoms with Crippen LogP contribution in [-0.4, -0.2) is 78.0 Å². The predicted octanol–water partition coefficient (Wildman–Crippen LogP) is 1.82. The first kappa shape index (κ1) is 26.6. The second-order valence-electron chi connectivity index (χ2n) is 8.76. The highest BCUT2D eigenvalue weighted by Crippen LogP contribution is 2.34. The molecule has 3 heterocycles. The molecule has 0 bridgehead atoms. The Balaban J connectivity index is 1.48. The zero-order chi connectivity index (χ0) is 26.7. The number of carbonyl (C=O) groups is 3. The van der Waals surface area contributed by atoms with E-state index in [2.05, 4.69) is 15.0 Å². The maximum Gasteiger partial charge on any atom is 0.387 e. The van der Waals surface area contributed by atoms with Crippen molar-refractivity contribution in [2.24, 2.45) is 0 Å². The quantitative estimate of drug-likeness (QED) is 0.518. The van der Waals surface area contributed by atoms with Gasteiger partial charge in [-0.2, -0.15) is 13.1 Å². The Morgan fingerprint density at radius 2 is 1.95 bits per heavy atom. The van der Waals surface area contributed by atoms with E-state index in [1.807, 2.05) is 6.92 Å². The average Bonchev–Trinajstić information content (AvgIpc) is 3.45. The van der Waals surface area contributed by atoms with E-state index in [0.717, 1.165) is 4.31 Å². The van der Waals surface area contributed by atoms with Gasteiger partial charge in [-0.15, -0.1) is 0 Å². The van der Waals surface area contributed by atoms with Gasteiger partial charge in [-0.3, -0.25) is 19.4 Å². The van der Waals surface area contributed by atoms with Crippen molar-refractivity contribution in [3.8, 4) is 5.75 Å². The molecule has 0 radical (unpaired) electrons.